The second kappa shape index (κ2) is 4.52. The Morgan fingerprint density at radius 2 is 2.32 bits per heavy atom. The molecule has 0 saturated heterocycles. The highest BCUT2D eigenvalue weighted by molar-refractivity contribution is 8.00. The number of aromatic carboxylic acids is 1. The summed E-state index contributed by atoms with van der Waals surface area (Å²) < 4.78 is 2.09. The molecule has 19 heavy (non-hydrogen) atoms. The van der Waals surface area contributed by atoms with Gasteiger partial charge >= 0.3 is 5.97 Å². The van der Waals surface area contributed by atoms with Gasteiger partial charge < -0.3 is 5.11 Å². The Balaban J connectivity index is 2.01. The van der Waals surface area contributed by atoms with Crippen LogP contribution >= 0.6 is 11.8 Å². The zero-order chi connectivity index (χ0) is 13.5. The minimum atomic E-state index is -0.958. The standard InChI is InChI=1S/C13H15N3O2S/c1-19-13(6-3-7-13)8-16-10-5-2-4-9(12(17)18)11(10)14-15-16/h2,4-5H,3,6-8H2,1H3,(H,17,18). The maximum Gasteiger partial charge on any atom is 0.338 e. The van der Waals surface area contributed by atoms with Crippen LogP contribution in [-0.4, -0.2) is 37.1 Å². The lowest BCUT2D eigenvalue weighted by Crippen LogP contribution is -2.38. The summed E-state index contributed by atoms with van der Waals surface area (Å²) in [5.41, 5.74) is 1.50. The molecule has 1 aliphatic rings. The molecule has 6 heteroatoms. The number of thioether (sulfide) groups is 1. The van der Waals surface area contributed by atoms with Crippen LogP contribution in [0.4, 0.5) is 0 Å². The number of aromatic nitrogens is 3. The van der Waals surface area contributed by atoms with Crippen molar-refractivity contribution >= 4 is 28.8 Å². The van der Waals surface area contributed by atoms with E-state index in [9.17, 15) is 4.79 Å². The molecule has 3 rings (SSSR count). The molecule has 0 aliphatic heterocycles. The van der Waals surface area contributed by atoms with E-state index in [1.807, 2.05) is 22.5 Å². The molecule has 2 aromatic rings. The summed E-state index contributed by atoms with van der Waals surface area (Å²) in [6, 6.07) is 5.20. The van der Waals surface area contributed by atoms with Gasteiger partial charge in [0.05, 0.1) is 17.6 Å². The van der Waals surface area contributed by atoms with E-state index in [2.05, 4.69) is 16.6 Å². The van der Waals surface area contributed by atoms with Gasteiger partial charge in [-0.1, -0.05) is 17.7 Å². The highest BCUT2D eigenvalue weighted by atomic mass is 32.2. The third kappa shape index (κ3) is 2.00. The van der Waals surface area contributed by atoms with E-state index < -0.39 is 5.97 Å². The molecule has 1 saturated carbocycles. The van der Waals surface area contributed by atoms with Crippen molar-refractivity contribution in [2.75, 3.05) is 6.26 Å². The molecule has 0 amide bonds. The first kappa shape index (κ1) is 12.5. The number of carboxylic acid groups (broad SMARTS) is 1. The number of fused-ring (bicyclic) bond motifs is 1. The minimum absolute atomic E-state index is 0.218. The maximum absolute atomic E-state index is 11.2. The molecule has 0 unspecified atom stereocenters. The lowest BCUT2D eigenvalue weighted by Gasteiger charge is -2.40. The molecule has 1 heterocycles. The Kier molecular flexibility index (Phi) is 2.97. The number of rotatable bonds is 4. The first-order valence-corrected chi connectivity index (χ1v) is 7.48. The number of carbonyl (C=O) groups is 1. The summed E-state index contributed by atoms with van der Waals surface area (Å²) in [6.07, 6.45) is 5.76. The quantitative estimate of drug-likeness (QED) is 0.929. The Labute approximate surface area is 115 Å². The molecular formula is C13H15N3O2S. The van der Waals surface area contributed by atoms with Gasteiger partial charge in [-0.15, -0.1) is 5.10 Å². The molecule has 100 valence electrons. The SMILES string of the molecule is CSC1(Cn2nnc3c(C(=O)O)cccc32)CCC1. The van der Waals surface area contributed by atoms with Gasteiger partial charge in [0.25, 0.3) is 0 Å². The average molecular weight is 277 g/mol. The van der Waals surface area contributed by atoms with Crippen LogP contribution in [0, 0.1) is 0 Å². The lowest BCUT2D eigenvalue weighted by atomic mass is 9.84. The van der Waals surface area contributed by atoms with Crippen LogP contribution in [0.5, 0.6) is 0 Å². The molecule has 1 aromatic carbocycles. The summed E-state index contributed by atoms with van der Waals surface area (Å²) >= 11 is 1.87. The lowest BCUT2D eigenvalue weighted by molar-refractivity contribution is 0.0699. The average Bonchev–Trinajstić information content (AvgIpc) is 2.76. The number of nitrogens with zero attached hydrogens (tertiary/aromatic N) is 3. The van der Waals surface area contributed by atoms with Gasteiger partial charge in [0.15, 0.2) is 0 Å². The second-order valence-electron chi connectivity index (χ2n) is 4.97. The van der Waals surface area contributed by atoms with E-state index in [1.54, 1.807) is 12.1 Å². The highest BCUT2D eigenvalue weighted by Gasteiger charge is 2.37. The fourth-order valence-electron chi connectivity index (χ4n) is 2.55. The van der Waals surface area contributed by atoms with Crippen LogP contribution in [0.1, 0.15) is 29.6 Å². The predicted molar refractivity (Wildman–Crippen MR) is 74.6 cm³/mol. The highest BCUT2D eigenvalue weighted by Crippen LogP contribution is 2.44. The topological polar surface area (TPSA) is 68.0 Å². The van der Waals surface area contributed by atoms with Crippen LogP contribution in [0.25, 0.3) is 11.0 Å². The zero-order valence-corrected chi connectivity index (χ0v) is 11.5. The van der Waals surface area contributed by atoms with Crippen molar-refractivity contribution in [2.45, 2.75) is 30.6 Å². The van der Waals surface area contributed by atoms with Crippen molar-refractivity contribution in [3.8, 4) is 0 Å². The van der Waals surface area contributed by atoms with E-state index in [0.717, 1.165) is 12.1 Å². The van der Waals surface area contributed by atoms with Crippen molar-refractivity contribution in [1.29, 1.82) is 0 Å². The van der Waals surface area contributed by atoms with Crippen molar-refractivity contribution in [2.24, 2.45) is 0 Å². The van der Waals surface area contributed by atoms with Crippen molar-refractivity contribution in [3.05, 3.63) is 23.8 Å². The molecule has 0 atom stereocenters. The first-order valence-electron chi connectivity index (χ1n) is 6.26. The van der Waals surface area contributed by atoms with Gasteiger partial charge in [0.1, 0.15) is 5.52 Å². The molecule has 1 aromatic heterocycles. The third-order valence-corrected chi connectivity index (χ3v) is 5.31. The molecule has 1 N–H and O–H groups in total. The summed E-state index contributed by atoms with van der Waals surface area (Å²) in [6.45, 7) is 0.799. The van der Waals surface area contributed by atoms with E-state index in [1.165, 1.54) is 19.3 Å². The zero-order valence-electron chi connectivity index (χ0n) is 10.7. The smallest absolute Gasteiger partial charge is 0.338 e. The number of hydrogen-bond donors (Lipinski definition) is 1. The third-order valence-electron chi connectivity index (χ3n) is 3.91. The monoisotopic (exact) mass is 277 g/mol. The first-order chi connectivity index (χ1) is 9.15. The molecular weight excluding hydrogens is 262 g/mol. The van der Waals surface area contributed by atoms with Crippen molar-refractivity contribution in [1.82, 2.24) is 15.0 Å². The van der Waals surface area contributed by atoms with E-state index in [4.69, 9.17) is 5.11 Å². The largest absolute Gasteiger partial charge is 0.478 e. The van der Waals surface area contributed by atoms with Crippen molar-refractivity contribution < 1.29 is 9.90 Å². The number of carboxylic acids is 1. The maximum atomic E-state index is 11.2. The fraction of sp³-hybridized carbons (Fsp3) is 0.462. The Morgan fingerprint density at radius 3 is 2.89 bits per heavy atom. The van der Waals surface area contributed by atoms with Crippen LogP contribution in [0.3, 0.4) is 0 Å². The summed E-state index contributed by atoms with van der Waals surface area (Å²) in [7, 11) is 0. The molecule has 5 nitrogen and oxygen atoms in total. The van der Waals surface area contributed by atoms with E-state index in [0.29, 0.717) is 5.52 Å². The molecule has 0 spiro atoms. The summed E-state index contributed by atoms with van der Waals surface area (Å²) in [4.78, 5) is 11.2. The summed E-state index contributed by atoms with van der Waals surface area (Å²) in [5.74, 6) is -0.958. The van der Waals surface area contributed by atoms with Crippen LogP contribution < -0.4 is 0 Å². The van der Waals surface area contributed by atoms with Gasteiger partial charge in [-0.3, -0.25) is 0 Å². The molecule has 1 aliphatic carbocycles. The van der Waals surface area contributed by atoms with Crippen LogP contribution in [-0.2, 0) is 6.54 Å². The molecule has 1 fully saturated rings. The second-order valence-corrected chi connectivity index (χ2v) is 6.24. The van der Waals surface area contributed by atoms with Gasteiger partial charge in [0, 0.05) is 4.75 Å². The Hall–Kier alpha value is -1.56. The van der Waals surface area contributed by atoms with E-state index in [-0.39, 0.29) is 10.3 Å². The minimum Gasteiger partial charge on any atom is -0.478 e. The van der Waals surface area contributed by atoms with Gasteiger partial charge in [-0.25, -0.2) is 9.48 Å². The van der Waals surface area contributed by atoms with Crippen molar-refractivity contribution in [3.63, 3.8) is 0 Å². The number of hydrogen-bond acceptors (Lipinski definition) is 4. The summed E-state index contributed by atoms with van der Waals surface area (Å²) in [5, 5.41) is 17.3. The van der Waals surface area contributed by atoms with Crippen LogP contribution in [0.15, 0.2) is 18.2 Å². The van der Waals surface area contributed by atoms with Gasteiger partial charge in [-0.2, -0.15) is 11.8 Å². The van der Waals surface area contributed by atoms with Gasteiger partial charge in [0.2, 0.25) is 0 Å². The Bertz CT molecular complexity index is 628. The molecule has 0 bridgehead atoms. The Morgan fingerprint density at radius 1 is 1.53 bits per heavy atom. The fourth-order valence-corrected chi connectivity index (χ4v) is 3.50. The predicted octanol–water partition coefficient (Wildman–Crippen LogP) is 2.42. The van der Waals surface area contributed by atoms with E-state index >= 15 is 0 Å². The van der Waals surface area contributed by atoms with Gasteiger partial charge in [-0.05, 0) is 31.2 Å². The normalized spacial score (nSPS) is 17.3. The number of benzene rings is 1. The molecule has 0 radical (unpaired) electrons. The van der Waals surface area contributed by atoms with Crippen LogP contribution in [0.2, 0.25) is 0 Å².